The molecule has 0 unspecified atom stereocenters. The van der Waals surface area contributed by atoms with Crippen molar-refractivity contribution >= 4 is 23.2 Å². The second-order valence-electron chi connectivity index (χ2n) is 6.32. The second kappa shape index (κ2) is 7.82. The summed E-state index contributed by atoms with van der Waals surface area (Å²) in [5.74, 6) is -1.33. The molecule has 12 heteroatoms. The summed E-state index contributed by atoms with van der Waals surface area (Å²) in [6, 6.07) is 3.23. The average molecular weight is 398 g/mol. The molecule has 28 heavy (non-hydrogen) atoms. The molecule has 1 aromatic carbocycles. The van der Waals surface area contributed by atoms with E-state index in [9.17, 15) is 28.1 Å². The van der Waals surface area contributed by atoms with Gasteiger partial charge >= 0.3 is 12.1 Å². The van der Waals surface area contributed by atoms with Gasteiger partial charge in [-0.1, -0.05) is 4.98 Å². The Morgan fingerprint density at radius 2 is 1.96 bits per heavy atom. The molecular weight excluding hydrogens is 381 g/mol. The number of alkyl halides is 3. The average Bonchev–Trinajstić information content (AvgIpc) is 3.10. The summed E-state index contributed by atoms with van der Waals surface area (Å²) in [5, 5.41) is 16.6. The number of rotatable bonds is 5. The van der Waals surface area contributed by atoms with Crippen LogP contribution in [0.4, 0.5) is 30.5 Å². The van der Waals surface area contributed by atoms with Gasteiger partial charge < -0.3 is 20.3 Å². The van der Waals surface area contributed by atoms with Crippen LogP contribution in [0.5, 0.6) is 0 Å². The number of nitrogens with one attached hydrogen (secondary N) is 1. The van der Waals surface area contributed by atoms with E-state index >= 15 is 0 Å². The van der Waals surface area contributed by atoms with Gasteiger partial charge in [0.2, 0.25) is 12.2 Å². The zero-order valence-electron chi connectivity index (χ0n) is 14.6. The Morgan fingerprint density at radius 1 is 1.25 bits per heavy atom. The lowest BCUT2D eigenvalue weighted by atomic mass is 10.1. The summed E-state index contributed by atoms with van der Waals surface area (Å²) in [5.41, 5.74) is -0.332. The number of hydrogen-bond acceptors (Lipinski definition) is 6. The number of amides is 1. The van der Waals surface area contributed by atoms with Crippen molar-refractivity contribution in [3.8, 4) is 0 Å². The zero-order chi connectivity index (χ0) is 20.3. The maximum Gasteiger partial charge on any atom is 0.490 e. The molecule has 0 aliphatic carbocycles. The molecule has 3 rings (SSSR count). The predicted molar refractivity (Wildman–Crippen MR) is 92.8 cm³/mol. The van der Waals surface area contributed by atoms with E-state index in [1.54, 1.807) is 0 Å². The second-order valence-corrected chi connectivity index (χ2v) is 6.32. The molecule has 0 atom stereocenters. The minimum absolute atomic E-state index is 0.0383. The van der Waals surface area contributed by atoms with Crippen LogP contribution in [0.25, 0.3) is 0 Å². The van der Waals surface area contributed by atoms with Crippen molar-refractivity contribution in [1.82, 2.24) is 14.8 Å². The van der Waals surface area contributed by atoms with Crippen LogP contribution in [0.1, 0.15) is 24.8 Å². The Labute approximate surface area is 157 Å². The first-order valence-electron chi connectivity index (χ1n) is 8.54. The van der Waals surface area contributed by atoms with Crippen molar-refractivity contribution in [2.75, 3.05) is 23.3 Å². The highest BCUT2D eigenvalue weighted by Crippen LogP contribution is 2.36. The van der Waals surface area contributed by atoms with E-state index < -0.39 is 35.1 Å². The highest BCUT2D eigenvalue weighted by atomic mass is 19.4. The maximum atomic E-state index is 13.1. The Bertz CT molecular complexity index is 877. The smallest absolute Gasteiger partial charge is 0.390 e. The monoisotopic (exact) mass is 398 g/mol. The molecule has 1 saturated heterocycles. The predicted octanol–water partition coefficient (Wildman–Crippen LogP) is 2.83. The van der Waals surface area contributed by atoms with Crippen molar-refractivity contribution in [2.45, 2.75) is 32.0 Å². The molecule has 1 N–H and O–H groups in total. The molecule has 1 aliphatic rings. The van der Waals surface area contributed by atoms with Gasteiger partial charge in [0.05, 0.1) is 16.9 Å². The van der Waals surface area contributed by atoms with E-state index in [-0.39, 0.29) is 5.69 Å². The number of nitro groups is 1. The molecular formula is C16H17F3N6O3. The molecule has 1 aromatic heterocycles. The number of hydrogen-bond donors (Lipinski definition) is 1. The molecule has 2 aromatic rings. The van der Waals surface area contributed by atoms with Crippen LogP contribution in [0.15, 0.2) is 24.5 Å². The van der Waals surface area contributed by atoms with Gasteiger partial charge in [-0.15, -0.1) is 0 Å². The summed E-state index contributed by atoms with van der Waals surface area (Å²) in [4.78, 5) is 27.4. The van der Waals surface area contributed by atoms with E-state index in [0.717, 1.165) is 42.4 Å². The van der Waals surface area contributed by atoms with Crippen molar-refractivity contribution in [2.24, 2.45) is 0 Å². The largest absolute Gasteiger partial charge is 0.490 e. The van der Waals surface area contributed by atoms with Crippen molar-refractivity contribution in [3.63, 3.8) is 0 Å². The summed E-state index contributed by atoms with van der Waals surface area (Å²) < 4.78 is 40.2. The third-order valence-corrected chi connectivity index (χ3v) is 4.29. The Balaban J connectivity index is 1.82. The zero-order valence-corrected chi connectivity index (χ0v) is 14.6. The molecule has 1 amide bonds. The first-order valence-corrected chi connectivity index (χ1v) is 8.54. The fourth-order valence-corrected chi connectivity index (χ4v) is 3.00. The minimum atomic E-state index is -4.55. The van der Waals surface area contributed by atoms with E-state index in [4.69, 9.17) is 0 Å². The molecule has 0 saturated carbocycles. The SMILES string of the molecule is O=C(Cn1cnc([N+](=O)[O-])n1)Nc1cc(C(F)(F)F)ccc1N1CCCCC1. The van der Waals surface area contributed by atoms with Crippen LogP contribution in [-0.2, 0) is 17.5 Å². The summed E-state index contributed by atoms with van der Waals surface area (Å²) in [6.45, 7) is 0.948. The first-order chi connectivity index (χ1) is 13.2. The van der Waals surface area contributed by atoms with Gasteiger partial charge in [0.25, 0.3) is 0 Å². The van der Waals surface area contributed by atoms with Gasteiger partial charge in [0, 0.05) is 18.2 Å². The summed E-state index contributed by atoms with van der Waals surface area (Å²) in [7, 11) is 0. The lowest BCUT2D eigenvalue weighted by Gasteiger charge is -2.31. The van der Waals surface area contributed by atoms with Crippen LogP contribution in [-0.4, -0.2) is 38.7 Å². The number of carbonyl (C=O) groups excluding carboxylic acids is 1. The highest BCUT2D eigenvalue weighted by Gasteiger charge is 2.32. The Hall–Kier alpha value is -3.18. The Kier molecular flexibility index (Phi) is 5.47. The number of piperidine rings is 1. The molecule has 0 spiro atoms. The summed E-state index contributed by atoms with van der Waals surface area (Å²) in [6.07, 6.45) is -0.667. The maximum absolute atomic E-state index is 13.1. The highest BCUT2D eigenvalue weighted by molar-refractivity contribution is 5.94. The van der Waals surface area contributed by atoms with Crippen LogP contribution >= 0.6 is 0 Å². The summed E-state index contributed by atoms with van der Waals surface area (Å²) >= 11 is 0. The van der Waals surface area contributed by atoms with E-state index in [1.165, 1.54) is 6.07 Å². The van der Waals surface area contributed by atoms with E-state index in [2.05, 4.69) is 15.4 Å². The standard InChI is InChI=1S/C16H17F3N6O3/c17-16(18,19)11-4-5-13(23-6-2-1-3-7-23)12(8-11)21-14(26)9-24-10-20-15(22-24)25(27)28/h4-5,8,10H,1-3,6-7,9H2,(H,21,26). The lowest BCUT2D eigenvalue weighted by molar-refractivity contribution is -0.394. The molecule has 0 radical (unpaired) electrons. The number of carbonyl (C=O) groups is 1. The van der Waals surface area contributed by atoms with Gasteiger partial charge in [-0.05, 0) is 42.4 Å². The molecule has 150 valence electrons. The number of aromatic nitrogens is 3. The number of benzene rings is 1. The molecule has 1 fully saturated rings. The minimum Gasteiger partial charge on any atom is -0.390 e. The molecule has 9 nitrogen and oxygen atoms in total. The van der Waals surface area contributed by atoms with E-state index in [1.807, 2.05) is 4.90 Å². The number of anilines is 2. The van der Waals surface area contributed by atoms with Crippen LogP contribution in [0.2, 0.25) is 0 Å². The van der Waals surface area contributed by atoms with Gasteiger partial charge in [0.15, 0.2) is 0 Å². The third kappa shape index (κ3) is 4.56. The quantitative estimate of drug-likeness (QED) is 0.613. The van der Waals surface area contributed by atoms with Gasteiger partial charge in [-0.2, -0.15) is 17.9 Å². The van der Waals surface area contributed by atoms with Gasteiger partial charge in [-0.25, -0.2) is 0 Å². The van der Waals surface area contributed by atoms with Crippen molar-refractivity contribution < 1.29 is 22.9 Å². The van der Waals surface area contributed by atoms with Crippen molar-refractivity contribution in [1.29, 1.82) is 0 Å². The molecule has 1 aliphatic heterocycles. The van der Waals surface area contributed by atoms with Gasteiger partial charge in [-0.3, -0.25) is 4.79 Å². The topological polar surface area (TPSA) is 106 Å². The van der Waals surface area contributed by atoms with Crippen LogP contribution in [0.3, 0.4) is 0 Å². The first kappa shape index (κ1) is 19.6. The van der Waals surface area contributed by atoms with Crippen LogP contribution < -0.4 is 10.2 Å². The number of nitrogens with zero attached hydrogens (tertiary/aromatic N) is 5. The Morgan fingerprint density at radius 3 is 2.57 bits per heavy atom. The normalized spacial score (nSPS) is 14.8. The fourth-order valence-electron chi connectivity index (χ4n) is 3.00. The lowest BCUT2D eigenvalue weighted by Crippen LogP contribution is -2.31. The van der Waals surface area contributed by atoms with Crippen LogP contribution in [0, 0.1) is 10.1 Å². The third-order valence-electron chi connectivity index (χ3n) is 4.29. The number of halogens is 3. The van der Waals surface area contributed by atoms with Crippen molar-refractivity contribution in [3.05, 3.63) is 40.2 Å². The van der Waals surface area contributed by atoms with E-state index in [0.29, 0.717) is 18.8 Å². The fraction of sp³-hybridized carbons (Fsp3) is 0.438. The van der Waals surface area contributed by atoms with Gasteiger partial charge in [0.1, 0.15) is 6.54 Å². The molecule has 2 heterocycles. The molecule has 0 bridgehead atoms.